The van der Waals surface area contributed by atoms with E-state index in [1.807, 2.05) is 0 Å². The number of aliphatic hydroxyl groups is 1. The number of hydrogen-bond acceptors (Lipinski definition) is 4. The van der Waals surface area contributed by atoms with Crippen LogP contribution in [0.25, 0.3) is 0 Å². The van der Waals surface area contributed by atoms with Crippen LogP contribution < -0.4 is 10.5 Å². The average molecular weight is 296 g/mol. The number of carbonyl (C=O) groups excluding carboxylic acids is 2. The summed E-state index contributed by atoms with van der Waals surface area (Å²) in [6.45, 7) is 1.86. The molecule has 1 saturated heterocycles. The number of carbonyl (C=O) groups is 2. The lowest BCUT2D eigenvalue weighted by atomic mass is 10.0. The van der Waals surface area contributed by atoms with Crippen LogP contribution in [0.1, 0.15) is 23.7 Å². The number of para-hydroxylation sites is 1. The number of halogens is 1. The topological polar surface area (TPSA) is 92.9 Å². The van der Waals surface area contributed by atoms with Crippen molar-refractivity contribution in [1.82, 2.24) is 4.90 Å². The van der Waals surface area contributed by atoms with Crippen molar-refractivity contribution in [3.8, 4) is 5.75 Å². The zero-order valence-corrected chi connectivity index (χ0v) is 11.6. The van der Waals surface area contributed by atoms with E-state index in [4.69, 9.17) is 10.5 Å². The van der Waals surface area contributed by atoms with E-state index in [0.717, 1.165) is 0 Å². The summed E-state index contributed by atoms with van der Waals surface area (Å²) in [5, 5.41) is 9.99. The minimum Gasteiger partial charge on any atom is -0.490 e. The van der Waals surface area contributed by atoms with E-state index in [0.29, 0.717) is 0 Å². The molecule has 1 heterocycles. The first-order valence-corrected chi connectivity index (χ1v) is 6.62. The molecule has 1 aromatic carbocycles. The number of primary amides is 1. The average Bonchev–Trinajstić information content (AvgIpc) is 2.84. The van der Waals surface area contributed by atoms with Crippen molar-refractivity contribution < 1.29 is 23.8 Å². The quantitative estimate of drug-likeness (QED) is 0.835. The standard InChI is InChI=1S/C14H17FN2O4/c1-2-21-11-9(4-3-5-10(11)15)12(18)17-7-6-14(20,8-17)13(16)19/h3-5,20H,2,6-8H2,1H3,(H2,16,19). The summed E-state index contributed by atoms with van der Waals surface area (Å²) in [6, 6.07) is 4.05. The van der Waals surface area contributed by atoms with E-state index in [1.54, 1.807) is 6.92 Å². The SMILES string of the molecule is CCOc1c(F)cccc1C(=O)N1CCC(O)(C(N)=O)C1. The highest BCUT2D eigenvalue weighted by Gasteiger charge is 2.43. The lowest BCUT2D eigenvalue weighted by Gasteiger charge is -2.21. The molecule has 1 aliphatic rings. The number of β-amino-alcohol motifs (C(OH)–C–C–N with tert-alkyl or cyclic N) is 1. The van der Waals surface area contributed by atoms with Crippen molar-refractivity contribution >= 4 is 11.8 Å². The normalized spacial score (nSPS) is 21.4. The van der Waals surface area contributed by atoms with Gasteiger partial charge in [0.2, 0.25) is 0 Å². The summed E-state index contributed by atoms with van der Waals surface area (Å²) in [5.74, 6) is -2.14. The van der Waals surface area contributed by atoms with E-state index in [2.05, 4.69) is 0 Å². The third kappa shape index (κ3) is 2.82. The van der Waals surface area contributed by atoms with Gasteiger partial charge in [-0.05, 0) is 19.1 Å². The Balaban J connectivity index is 2.26. The van der Waals surface area contributed by atoms with E-state index < -0.39 is 23.2 Å². The number of hydrogen-bond donors (Lipinski definition) is 2. The van der Waals surface area contributed by atoms with Gasteiger partial charge in [0, 0.05) is 13.0 Å². The van der Waals surface area contributed by atoms with Crippen LogP contribution >= 0.6 is 0 Å². The van der Waals surface area contributed by atoms with E-state index in [1.165, 1.54) is 23.1 Å². The maximum atomic E-state index is 13.7. The Labute approximate surface area is 121 Å². The zero-order valence-electron chi connectivity index (χ0n) is 11.6. The van der Waals surface area contributed by atoms with Gasteiger partial charge in [-0.3, -0.25) is 9.59 Å². The first-order chi connectivity index (χ1) is 9.89. The number of nitrogens with two attached hydrogens (primary N) is 1. The summed E-state index contributed by atoms with van der Waals surface area (Å²) in [4.78, 5) is 24.9. The molecule has 0 bridgehead atoms. The molecular formula is C14H17FN2O4. The number of likely N-dealkylation sites (tertiary alicyclic amines) is 1. The largest absolute Gasteiger partial charge is 0.490 e. The van der Waals surface area contributed by atoms with Crippen molar-refractivity contribution in [2.75, 3.05) is 19.7 Å². The van der Waals surface area contributed by atoms with Gasteiger partial charge in [0.1, 0.15) is 0 Å². The van der Waals surface area contributed by atoms with Crippen LogP contribution in [0.5, 0.6) is 5.75 Å². The van der Waals surface area contributed by atoms with Gasteiger partial charge in [-0.15, -0.1) is 0 Å². The number of amides is 2. The Morgan fingerprint density at radius 2 is 2.24 bits per heavy atom. The first-order valence-electron chi connectivity index (χ1n) is 6.62. The molecule has 21 heavy (non-hydrogen) atoms. The second kappa shape index (κ2) is 5.69. The Kier molecular flexibility index (Phi) is 4.13. The second-order valence-corrected chi connectivity index (χ2v) is 4.92. The smallest absolute Gasteiger partial charge is 0.257 e. The fourth-order valence-electron chi connectivity index (χ4n) is 2.31. The first kappa shape index (κ1) is 15.2. The summed E-state index contributed by atoms with van der Waals surface area (Å²) in [6.07, 6.45) is 0.0629. The van der Waals surface area contributed by atoms with E-state index in [-0.39, 0.29) is 37.4 Å². The van der Waals surface area contributed by atoms with Gasteiger partial charge in [-0.2, -0.15) is 0 Å². The predicted octanol–water partition coefficient (Wildman–Crippen LogP) is 0.287. The van der Waals surface area contributed by atoms with E-state index >= 15 is 0 Å². The monoisotopic (exact) mass is 296 g/mol. The van der Waals surface area contributed by atoms with Gasteiger partial charge in [0.05, 0.1) is 18.7 Å². The number of nitrogens with zero attached hydrogens (tertiary/aromatic N) is 1. The van der Waals surface area contributed by atoms with Crippen molar-refractivity contribution in [3.63, 3.8) is 0 Å². The Hall–Kier alpha value is -2.15. The van der Waals surface area contributed by atoms with Crippen LogP contribution in [0.15, 0.2) is 18.2 Å². The molecule has 114 valence electrons. The molecule has 1 aliphatic heterocycles. The van der Waals surface area contributed by atoms with Gasteiger partial charge in [0.15, 0.2) is 17.2 Å². The summed E-state index contributed by atoms with van der Waals surface area (Å²) < 4.78 is 18.9. The molecule has 0 spiro atoms. The molecule has 6 nitrogen and oxygen atoms in total. The van der Waals surface area contributed by atoms with Crippen molar-refractivity contribution in [1.29, 1.82) is 0 Å². The molecule has 0 aliphatic carbocycles. The van der Waals surface area contributed by atoms with Crippen LogP contribution in [0.4, 0.5) is 4.39 Å². The maximum absolute atomic E-state index is 13.7. The minimum atomic E-state index is -1.73. The van der Waals surface area contributed by atoms with Crippen LogP contribution in [0.2, 0.25) is 0 Å². The van der Waals surface area contributed by atoms with Crippen molar-refractivity contribution in [2.24, 2.45) is 5.73 Å². The third-order valence-electron chi connectivity index (χ3n) is 3.48. The highest BCUT2D eigenvalue weighted by atomic mass is 19.1. The number of rotatable bonds is 4. The van der Waals surface area contributed by atoms with Crippen molar-refractivity contribution in [3.05, 3.63) is 29.6 Å². The van der Waals surface area contributed by atoms with Gasteiger partial charge in [0.25, 0.3) is 11.8 Å². The molecular weight excluding hydrogens is 279 g/mol. The molecule has 1 unspecified atom stereocenters. The lowest BCUT2D eigenvalue weighted by Crippen LogP contribution is -2.46. The van der Waals surface area contributed by atoms with Crippen LogP contribution in [-0.4, -0.2) is 47.1 Å². The van der Waals surface area contributed by atoms with Crippen molar-refractivity contribution in [2.45, 2.75) is 18.9 Å². The van der Waals surface area contributed by atoms with Gasteiger partial charge in [-0.25, -0.2) is 4.39 Å². The molecule has 1 aromatic rings. The molecule has 3 N–H and O–H groups in total. The molecule has 1 atom stereocenters. The van der Waals surface area contributed by atoms with Crippen LogP contribution in [0.3, 0.4) is 0 Å². The van der Waals surface area contributed by atoms with E-state index in [9.17, 15) is 19.1 Å². The Morgan fingerprint density at radius 1 is 1.52 bits per heavy atom. The summed E-state index contributed by atoms with van der Waals surface area (Å²) >= 11 is 0. The van der Waals surface area contributed by atoms with Gasteiger partial charge in [-0.1, -0.05) is 6.07 Å². The Morgan fingerprint density at radius 3 is 2.81 bits per heavy atom. The van der Waals surface area contributed by atoms with Gasteiger partial charge >= 0.3 is 0 Å². The zero-order chi connectivity index (χ0) is 15.6. The van der Waals surface area contributed by atoms with Crippen LogP contribution in [0, 0.1) is 5.82 Å². The lowest BCUT2D eigenvalue weighted by molar-refractivity contribution is -0.134. The molecule has 0 radical (unpaired) electrons. The maximum Gasteiger partial charge on any atom is 0.257 e. The second-order valence-electron chi connectivity index (χ2n) is 4.92. The number of ether oxygens (including phenoxy) is 1. The fraction of sp³-hybridized carbons (Fsp3) is 0.429. The Bertz CT molecular complexity index is 578. The highest BCUT2D eigenvalue weighted by molar-refractivity contribution is 5.98. The molecule has 0 aromatic heterocycles. The minimum absolute atomic E-state index is 0.0607. The third-order valence-corrected chi connectivity index (χ3v) is 3.48. The molecule has 2 rings (SSSR count). The summed E-state index contributed by atoms with van der Waals surface area (Å²) in [7, 11) is 0. The fourth-order valence-corrected chi connectivity index (χ4v) is 2.31. The van der Waals surface area contributed by atoms with Crippen LogP contribution in [-0.2, 0) is 4.79 Å². The molecule has 2 amide bonds. The van der Waals surface area contributed by atoms with Gasteiger partial charge < -0.3 is 20.5 Å². The molecule has 7 heteroatoms. The predicted molar refractivity (Wildman–Crippen MR) is 72.2 cm³/mol. The molecule has 1 fully saturated rings. The summed E-state index contributed by atoms with van der Waals surface area (Å²) in [5.41, 5.74) is 3.46. The molecule has 0 saturated carbocycles. The highest BCUT2D eigenvalue weighted by Crippen LogP contribution is 2.28. The number of benzene rings is 1.